The Morgan fingerprint density at radius 3 is 1.95 bits per heavy atom. The number of carbonyl (C=O) groups excluding carboxylic acids is 2. The van der Waals surface area contributed by atoms with Gasteiger partial charge in [-0.3, -0.25) is 14.6 Å². The molecule has 66 heavy (non-hydrogen) atoms. The average Bonchev–Trinajstić information content (AvgIpc) is 3.32. The number of ether oxygens (including phenoxy) is 4. The summed E-state index contributed by atoms with van der Waals surface area (Å²) < 4.78 is 22.0. The first-order valence-corrected chi connectivity index (χ1v) is 20.5. The van der Waals surface area contributed by atoms with Gasteiger partial charge in [-0.05, 0) is 128 Å². The Morgan fingerprint density at radius 1 is 0.697 bits per heavy atom. The first-order valence-electron chi connectivity index (χ1n) is 20.5. The third-order valence-corrected chi connectivity index (χ3v) is 9.62. The summed E-state index contributed by atoms with van der Waals surface area (Å²) in [4.78, 5) is 44.0. The van der Waals surface area contributed by atoms with E-state index in [0.29, 0.717) is 23.1 Å². The van der Waals surface area contributed by atoms with Crippen LogP contribution in [-0.2, 0) is 14.3 Å². The van der Waals surface area contributed by atoms with Crippen molar-refractivity contribution in [1.29, 1.82) is 0 Å². The second-order valence-corrected chi connectivity index (χ2v) is 14.5. The first kappa shape index (κ1) is 45.2. The molecule has 5 N–H and O–H groups in total. The smallest absolute Gasteiger partial charge is 0.246 e. The lowest BCUT2D eigenvalue weighted by atomic mass is 10.1. The normalized spacial score (nSPS) is 10.6. The van der Waals surface area contributed by atoms with Gasteiger partial charge in [0.25, 0.3) is 0 Å². The van der Waals surface area contributed by atoms with Gasteiger partial charge in [0.05, 0.1) is 30.9 Å². The Hall–Kier alpha value is -8.87. The summed E-state index contributed by atoms with van der Waals surface area (Å²) in [6.07, 6.45) is 9.39. The van der Waals surface area contributed by atoms with Crippen LogP contribution in [0.15, 0.2) is 140 Å². The summed E-state index contributed by atoms with van der Waals surface area (Å²) in [5, 5.41) is 11.1. The lowest BCUT2D eigenvalue weighted by Crippen LogP contribution is -2.27. The van der Waals surface area contributed by atoms with Crippen molar-refractivity contribution in [2.75, 3.05) is 38.0 Å². The number of nitrogens with zero attached hydrogens (tertiary/aromatic N) is 5. The van der Waals surface area contributed by atoms with Crippen molar-refractivity contribution in [3.05, 3.63) is 163 Å². The second-order valence-electron chi connectivity index (χ2n) is 14.5. The van der Waals surface area contributed by atoms with Gasteiger partial charge < -0.3 is 40.6 Å². The molecule has 0 unspecified atom stereocenters. The number of pyridine rings is 1. The molecule has 0 saturated carbocycles. The molecule has 15 heteroatoms. The minimum Gasteiger partial charge on any atom is -0.497 e. The largest absolute Gasteiger partial charge is 0.497 e. The number of amides is 2. The molecule has 8 aromatic rings. The topological polar surface area (TPSA) is 198 Å². The zero-order valence-electron chi connectivity index (χ0n) is 36.5. The van der Waals surface area contributed by atoms with Crippen LogP contribution in [0, 0.1) is 25.7 Å². The number of aromatic nitrogens is 5. The Labute approximate surface area is 381 Å². The predicted octanol–water partition coefficient (Wildman–Crippen LogP) is 8.96. The molecule has 0 bridgehead atoms. The Kier molecular flexibility index (Phi) is 15.0. The minimum absolute atomic E-state index is 0.0115. The highest BCUT2D eigenvalue weighted by Crippen LogP contribution is 2.32. The molecule has 0 saturated heterocycles. The van der Waals surface area contributed by atoms with E-state index in [4.69, 9.17) is 24.7 Å². The van der Waals surface area contributed by atoms with Crippen LogP contribution in [0.4, 0.5) is 23.0 Å². The number of hydrogen-bond acceptors (Lipinski definition) is 13. The van der Waals surface area contributed by atoms with E-state index >= 15 is 0 Å². The van der Waals surface area contributed by atoms with Crippen molar-refractivity contribution in [2.24, 2.45) is 5.73 Å². The maximum Gasteiger partial charge on any atom is 0.246 e. The van der Waals surface area contributed by atoms with E-state index in [0.717, 1.165) is 72.7 Å². The third-order valence-electron chi connectivity index (χ3n) is 9.62. The number of benzene rings is 5. The highest BCUT2D eigenvalue weighted by molar-refractivity contribution is 5.95. The zero-order valence-corrected chi connectivity index (χ0v) is 36.5. The number of methoxy groups -OCH3 is 2. The fourth-order valence-corrected chi connectivity index (χ4v) is 6.44. The van der Waals surface area contributed by atoms with Gasteiger partial charge in [0.15, 0.2) is 0 Å². The van der Waals surface area contributed by atoms with Gasteiger partial charge in [-0.25, -0.2) is 19.9 Å². The van der Waals surface area contributed by atoms with E-state index in [1.165, 1.54) is 25.8 Å². The molecule has 0 radical (unpaired) electrons. The number of anilines is 4. The summed E-state index contributed by atoms with van der Waals surface area (Å²) in [6, 6.07) is 34.2. The summed E-state index contributed by atoms with van der Waals surface area (Å²) in [6.45, 7) is 4.21. The molecule has 15 nitrogen and oxygen atoms in total. The molecule has 2 amide bonds. The van der Waals surface area contributed by atoms with Gasteiger partial charge in [-0.15, -0.1) is 0 Å². The molecule has 0 aliphatic carbocycles. The third kappa shape index (κ3) is 12.4. The van der Waals surface area contributed by atoms with E-state index in [-0.39, 0.29) is 19.1 Å². The Morgan fingerprint density at radius 2 is 1.33 bits per heavy atom. The van der Waals surface area contributed by atoms with Gasteiger partial charge in [-0.1, -0.05) is 24.0 Å². The van der Waals surface area contributed by atoms with Crippen LogP contribution in [0.5, 0.6) is 28.7 Å². The summed E-state index contributed by atoms with van der Waals surface area (Å²) in [7, 11) is 3.10. The van der Waals surface area contributed by atoms with Gasteiger partial charge >= 0.3 is 0 Å². The number of rotatable bonds is 14. The fourth-order valence-electron chi connectivity index (χ4n) is 6.44. The van der Waals surface area contributed by atoms with Crippen LogP contribution in [0.25, 0.3) is 27.9 Å². The zero-order chi connectivity index (χ0) is 46.3. The fraction of sp³-hybridized carbons (Fsp3) is 0.118. The summed E-state index contributed by atoms with van der Waals surface area (Å²) in [5.41, 5.74) is 12.0. The number of nitrogens with one attached hydrogen (secondary N) is 3. The maximum atomic E-state index is 11.5. The monoisotopic (exact) mass is 879 g/mol. The highest BCUT2D eigenvalue weighted by Gasteiger charge is 2.10. The van der Waals surface area contributed by atoms with Gasteiger partial charge in [-0.2, -0.15) is 0 Å². The van der Waals surface area contributed by atoms with Crippen LogP contribution >= 0.6 is 0 Å². The van der Waals surface area contributed by atoms with Gasteiger partial charge in [0, 0.05) is 53.2 Å². The Balaban J connectivity index is 0.000000199. The van der Waals surface area contributed by atoms with Crippen LogP contribution in [0.1, 0.15) is 22.3 Å². The SMILES string of the molecule is COCC(=O)NCC#Cc1ccc2ncnc(Nc3ccc(Oc4cccc(OC)c4)c(C)c3)c2c1.Cc1cc(Nc2ncnc3ccc(C=CC(N)=O)cc23)ccc1Oc1cccnc1. The minimum atomic E-state index is -0.498. The van der Waals surface area contributed by atoms with Crippen molar-refractivity contribution in [3.63, 3.8) is 0 Å². The lowest BCUT2D eigenvalue weighted by molar-refractivity contribution is -0.124. The molecule has 8 rings (SSSR count). The number of aryl methyl sites for hydroxylation is 2. The first-order chi connectivity index (χ1) is 32.1. The van der Waals surface area contributed by atoms with E-state index < -0.39 is 5.91 Å². The van der Waals surface area contributed by atoms with E-state index in [1.807, 2.05) is 123 Å². The molecule has 5 aromatic carbocycles. The van der Waals surface area contributed by atoms with Crippen molar-refractivity contribution < 1.29 is 28.5 Å². The van der Waals surface area contributed by atoms with Crippen molar-refractivity contribution in [3.8, 4) is 40.6 Å². The van der Waals surface area contributed by atoms with Gasteiger partial charge in [0.1, 0.15) is 59.6 Å². The quantitative estimate of drug-likeness (QED) is 0.0597. The molecular formula is C51H45N9O6. The van der Waals surface area contributed by atoms with Crippen LogP contribution in [-0.4, -0.2) is 64.1 Å². The molecule has 0 aliphatic rings. The Bertz CT molecular complexity index is 3100. The summed E-state index contributed by atoms with van der Waals surface area (Å²) >= 11 is 0. The number of nitrogens with two attached hydrogens (primary N) is 1. The van der Waals surface area contributed by atoms with Crippen LogP contribution < -0.4 is 35.9 Å². The molecule has 330 valence electrons. The number of hydrogen-bond donors (Lipinski definition) is 4. The molecular weight excluding hydrogens is 835 g/mol. The van der Waals surface area contributed by atoms with E-state index in [1.54, 1.807) is 25.6 Å². The molecule has 0 aliphatic heterocycles. The number of primary amides is 1. The summed E-state index contributed by atoms with van der Waals surface area (Å²) in [5.74, 6) is 10.2. The van der Waals surface area contributed by atoms with Crippen molar-refractivity contribution in [2.45, 2.75) is 13.8 Å². The van der Waals surface area contributed by atoms with Crippen molar-refractivity contribution in [1.82, 2.24) is 30.2 Å². The van der Waals surface area contributed by atoms with E-state index in [9.17, 15) is 9.59 Å². The average molecular weight is 880 g/mol. The van der Waals surface area contributed by atoms with Crippen LogP contribution in [0.2, 0.25) is 0 Å². The van der Waals surface area contributed by atoms with Gasteiger partial charge in [0.2, 0.25) is 11.8 Å². The molecule has 3 aromatic heterocycles. The lowest BCUT2D eigenvalue weighted by Gasteiger charge is -2.13. The highest BCUT2D eigenvalue weighted by atomic mass is 16.5. The molecule has 0 atom stereocenters. The molecule has 0 spiro atoms. The van der Waals surface area contributed by atoms with Crippen LogP contribution in [0.3, 0.4) is 0 Å². The predicted molar refractivity (Wildman–Crippen MR) is 255 cm³/mol. The molecule has 0 fully saturated rings. The maximum absolute atomic E-state index is 11.5. The van der Waals surface area contributed by atoms with E-state index in [2.05, 4.69) is 52.7 Å². The standard InChI is InChI=1S/C28H26N4O4.C23H19N5O2/c1-19-14-21(10-12-26(19)36-23-8-4-7-22(16-23)35-3)32-28-24-15-20(9-11-25(24)30-18-31-28)6-5-13-29-27(33)17-34-2;1-15-11-17(6-8-21(15)30-18-3-2-10-25-13-18)28-23-19-12-16(5-9-22(24)29)4-7-20(19)26-14-27-23/h4,7-12,14-16,18H,13,17H2,1-3H3,(H,29,33)(H,30,31,32);2-14H,1H3,(H2,24,29)(H,26,27,28). The number of carbonyl (C=O) groups is 2. The van der Waals surface area contributed by atoms with Crippen molar-refractivity contribution >= 4 is 62.7 Å². The second kappa shape index (κ2) is 22.0. The molecule has 3 heterocycles. The number of fused-ring (bicyclic) bond motifs is 2.